The normalized spacial score (nSPS) is 30.8. The highest BCUT2D eigenvalue weighted by atomic mass is 79.9. The molecule has 0 saturated heterocycles. The summed E-state index contributed by atoms with van der Waals surface area (Å²) >= 11 is 3.43. The maximum atomic E-state index is 12.5. The van der Waals surface area contributed by atoms with Crippen molar-refractivity contribution in [2.24, 2.45) is 5.92 Å². The van der Waals surface area contributed by atoms with E-state index >= 15 is 0 Å². The number of hydrogen-bond donors (Lipinski definition) is 3. The summed E-state index contributed by atoms with van der Waals surface area (Å²) in [5.74, 6) is -3.06. The van der Waals surface area contributed by atoms with Crippen molar-refractivity contribution in [2.75, 3.05) is 0 Å². The van der Waals surface area contributed by atoms with Crippen LogP contribution in [0.25, 0.3) is 0 Å². The van der Waals surface area contributed by atoms with Crippen LogP contribution in [0.5, 0.6) is 5.75 Å². The van der Waals surface area contributed by atoms with Gasteiger partial charge in [0.15, 0.2) is 17.0 Å². The van der Waals surface area contributed by atoms with E-state index in [0.29, 0.717) is 16.9 Å². The number of carboxylic acid groups (broad SMARTS) is 1. The Morgan fingerprint density at radius 3 is 2.41 bits per heavy atom. The summed E-state index contributed by atoms with van der Waals surface area (Å²) in [7, 11) is 0. The second kappa shape index (κ2) is 7.16. The minimum atomic E-state index is -2.07. The Bertz CT molecular complexity index is 1180. The van der Waals surface area contributed by atoms with E-state index in [0.717, 1.165) is 4.47 Å². The Balaban J connectivity index is 1.83. The van der Waals surface area contributed by atoms with Crippen LogP contribution in [0, 0.1) is 5.92 Å². The maximum Gasteiger partial charge on any atom is 0.310 e. The zero-order chi connectivity index (χ0) is 22.8. The fourth-order valence-electron chi connectivity index (χ4n) is 5.30. The number of aromatic nitrogens is 2. The molecule has 32 heavy (non-hydrogen) atoms. The van der Waals surface area contributed by atoms with Crippen molar-refractivity contribution in [1.29, 1.82) is 0 Å². The number of benzene rings is 2. The topological polar surface area (TPSA) is 105 Å². The number of carboxylic acids is 1. The highest BCUT2D eigenvalue weighted by molar-refractivity contribution is 9.10. The van der Waals surface area contributed by atoms with Gasteiger partial charge in [0.05, 0.1) is 12.1 Å². The number of ether oxygens (including phenoxy) is 1. The van der Waals surface area contributed by atoms with Crippen molar-refractivity contribution in [2.45, 2.75) is 43.1 Å². The molecular formula is C24H23BrN2O5. The van der Waals surface area contributed by atoms with Gasteiger partial charge >= 0.3 is 5.97 Å². The standard InChI is InChI=1S/C24H23BrN2O5/c1-13(2)27-12-17-20(26-27)23(31)21(28)18(22(29)30)19(14-6-4-3-5-7-14)24(23,32-17)15-8-10-16(25)11-9-15/h3-13,18-19,21,28,31H,1-2H3,(H,29,30). The van der Waals surface area contributed by atoms with E-state index in [1.807, 2.05) is 19.9 Å². The third-order valence-electron chi connectivity index (χ3n) is 6.71. The average molecular weight is 499 g/mol. The smallest absolute Gasteiger partial charge is 0.310 e. The monoisotopic (exact) mass is 498 g/mol. The van der Waals surface area contributed by atoms with E-state index < -0.39 is 35.1 Å². The van der Waals surface area contributed by atoms with Gasteiger partial charge in [-0.1, -0.05) is 58.4 Å². The summed E-state index contributed by atoms with van der Waals surface area (Å²) < 4.78 is 8.99. The number of rotatable bonds is 4. The number of aliphatic carboxylic acids is 1. The SMILES string of the molecule is CC(C)n1cc2c(n1)C1(O)C(O)C(C(=O)O)C(c3ccccc3)C1(c1ccc(Br)cc1)O2. The zero-order valence-corrected chi connectivity index (χ0v) is 19.1. The summed E-state index contributed by atoms with van der Waals surface area (Å²) in [6.07, 6.45) is 0.0483. The first kappa shape index (κ1) is 21.2. The lowest BCUT2D eigenvalue weighted by molar-refractivity contribution is -0.161. The van der Waals surface area contributed by atoms with Crippen LogP contribution in [0.15, 0.2) is 65.3 Å². The first-order valence-electron chi connectivity index (χ1n) is 10.4. The van der Waals surface area contributed by atoms with Crippen molar-refractivity contribution in [1.82, 2.24) is 9.78 Å². The number of aliphatic hydroxyl groups excluding tert-OH is 1. The Hall–Kier alpha value is -2.68. The predicted octanol–water partition coefficient (Wildman–Crippen LogP) is 3.56. The van der Waals surface area contributed by atoms with Crippen LogP contribution in [0.4, 0.5) is 0 Å². The zero-order valence-electron chi connectivity index (χ0n) is 17.5. The van der Waals surface area contributed by atoms with Crippen molar-refractivity contribution in [3.63, 3.8) is 0 Å². The van der Waals surface area contributed by atoms with Gasteiger partial charge in [-0.3, -0.25) is 9.48 Å². The molecule has 0 radical (unpaired) electrons. The third-order valence-corrected chi connectivity index (χ3v) is 7.24. The largest absolute Gasteiger partial charge is 0.481 e. The average Bonchev–Trinajstić information content (AvgIpc) is 3.35. The molecule has 166 valence electrons. The molecule has 1 fully saturated rings. The van der Waals surface area contributed by atoms with Gasteiger partial charge in [-0.15, -0.1) is 0 Å². The van der Waals surface area contributed by atoms with Crippen LogP contribution >= 0.6 is 15.9 Å². The van der Waals surface area contributed by atoms with Crippen molar-refractivity contribution < 1.29 is 24.9 Å². The van der Waals surface area contributed by atoms with Gasteiger partial charge in [-0.25, -0.2) is 0 Å². The molecule has 5 atom stereocenters. The summed E-state index contributed by atoms with van der Waals surface area (Å²) in [5.41, 5.74) is -2.27. The van der Waals surface area contributed by atoms with Gasteiger partial charge in [0.2, 0.25) is 0 Å². The highest BCUT2D eigenvalue weighted by Crippen LogP contribution is 2.68. The van der Waals surface area contributed by atoms with Gasteiger partial charge in [-0.2, -0.15) is 5.10 Å². The van der Waals surface area contributed by atoms with Crippen LogP contribution in [0.2, 0.25) is 0 Å². The Morgan fingerprint density at radius 2 is 1.81 bits per heavy atom. The van der Waals surface area contributed by atoms with Crippen molar-refractivity contribution in [3.8, 4) is 5.75 Å². The fourth-order valence-corrected chi connectivity index (χ4v) is 5.56. The molecule has 2 aliphatic rings. The molecular weight excluding hydrogens is 476 g/mol. The summed E-state index contributed by atoms with van der Waals surface area (Å²) in [6, 6.07) is 16.2. The molecule has 1 aromatic heterocycles. The molecule has 0 spiro atoms. The molecule has 2 aromatic carbocycles. The second-order valence-corrected chi connectivity index (χ2v) is 9.64. The van der Waals surface area contributed by atoms with Crippen LogP contribution in [0.1, 0.15) is 42.6 Å². The number of aliphatic hydroxyl groups is 2. The molecule has 1 saturated carbocycles. The van der Waals surface area contributed by atoms with E-state index in [1.54, 1.807) is 59.4 Å². The minimum Gasteiger partial charge on any atom is -0.481 e. The highest BCUT2D eigenvalue weighted by Gasteiger charge is 2.78. The summed E-state index contributed by atoms with van der Waals surface area (Å²) in [4.78, 5) is 12.5. The number of hydrogen-bond acceptors (Lipinski definition) is 5. The number of nitrogens with zero attached hydrogens (tertiary/aromatic N) is 2. The number of halogens is 1. The first-order valence-corrected chi connectivity index (χ1v) is 11.2. The van der Waals surface area contributed by atoms with Gasteiger partial charge in [-0.05, 0) is 37.1 Å². The van der Waals surface area contributed by atoms with E-state index in [1.165, 1.54) is 0 Å². The Kier molecular flexibility index (Phi) is 4.74. The molecule has 2 heterocycles. The fraction of sp³-hybridized carbons (Fsp3) is 0.333. The second-order valence-electron chi connectivity index (χ2n) is 8.72. The maximum absolute atomic E-state index is 12.5. The molecule has 0 amide bonds. The molecule has 8 heteroatoms. The van der Waals surface area contributed by atoms with Gasteiger partial charge in [0.1, 0.15) is 11.8 Å². The molecule has 0 bridgehead atoms. The lowest BCUT2D eigenvalue weighted by Gasteiger charge is -2.40. The predicted molar refractivity (Wildman–Crippen MR) is 119 cm³/mol. The molecule has 5 unspecified atom stereocenters. The summed E-state index contributed by atoms with van der Waals surface area (Å²) in [6.45, 7) is 3.87. The van der Waals surface area contributed by atoms with Gasteiger partial charge in [0, 0.05) is 16.4 Å². The van der Waals surface area contributed by atoms with Crippen molar-refractivity contribution in [3.05, 3.63) is 82.1 Å². The quantitative estimate of drug-likeness (QED) is 0.507. The molecule has 1 aliphatic carbocycles. The van der Waals surface area contributed by atoms with E-state index in [2.05, 4.69) is 21.0 Å². The third kappa shape index (κ3) is 2.60. The lowest BCUT2D eigenvalue weighted by Crippen LogP contribution is -2.52. The number of fused-ring (bicyclic) bond motifs is 3. The van der Waals surface area contributed by atoms with Crippen LogP contribution in [-0.2, 0) is 16.0 Å². The molecule has 3 N–H and O–H groups in total. The lowest BCUT2D eigenvalue weighted by atomic mass is 9.71. The Labute approximate surface area is 193 Å². The Morgan fingerprint density at radius 1 is 1.16 bits per heavy atom. The van der Waals surface area contributed by atoms with Crippen molar-refractivity contribution >= 4 is 21.9 Å². The van der Waals surface area contributed by atoms with Crippen LogP contribution in [-0.4, -0.2) is 37.2 Å². The molecule has 5 rings (SSSR count). The van der Waals surface area contributed by atoms with E-state index in [-0.39, 0.29) is 11.7 Å². The van der Waals surface area contributed by atoms with Gasteiger partial charge in [0.25, 0.3) is 0 Å². The molecule has 1 aliphatic heterocycles. The summed E-state index contributed by atoms with van der Waals surface area (Å²) in [5, 5.41) is 38.4. The van der Waals surface area contributed by atoms with E-state index in [4.69, 9.17) is 4.74 Å². The molecule has 7 nitrogen and oxygen atoms in total. The minimum absolute atomic E-state index is 0.00591. The number of carbonyl (C=O) groups is 1. The van der Waals surface area contributed by atoms with Gasteiger partial charge < -0.3 is 20.1 Å². The molecule has 3 aromatic rings. The van der Waals surface area contributed by atoms with E-state index in [9.17, 15) is 20.1 Å². The first-order chi connectivity index (χ1) is 15.2. The van der Waals surface area contributed by atoms with Crippen LogP contribution in [0.3, 0.4) is 0 Å². The van der Waals surface area contributed by atoms with Crippen LogP contribution < -0.4 is 4.74 Å².